The zero-order valence-corrected chi connectivity index (χ0v) is 10.2. The number of nitrogens with zero attached hydrogens (tertiary/aromatic N) is 1. The fourth-order valence-electron chi connectivity index (χ4n) is 1.49. The molecule has 0 N–H and O–H groups in total. The number of ether oxygens (including phenoxy) is 1. The summed E-state index contributed by atoms with van der Waals surface area (Å²) in [4.78, 5) is 15.0. The van der Waals surface area contributed by atoms with E-state index in [1.807, 2.05) is 0 Å². The Bertz CT molecular complexity index is 424. The highest BCUT2D eigenvalue weighted by atomic mass is 35.5. The first-order valence-corrected chi connectivity index (χ1v) is 5.43. The molecule has 0 aliphatic heterocycles. The van der Waals surface area contributed by atoms with Gasteiger partial charge in [0.15, 0.2) is 0 Å². The number of aromatic nitrogens is 1. The third kappa shape index (κ3) is 3.63. The average molecular weight is 264 g/mol. The number of halogens is 3. The molecule has 0 fully saturated rings. The smallest absolute Gasteiger partial charge is 0.311 e. The highest BCUT2D eigenvalue weighted by molar-refractivity contribution is 6.29. The average Bonchev–Trinajstić information content (AvgIpc) is 2.15. The number of hydrogen-bond donors (Lipinski definition) is 0. The monoisotopic (exact) mass is 263 g/mol. The van der Waals surface area contributed by atoms with Crippen molar-refractivity contribution in [1.29, 1.82) is 0 Å². The lowest BCUT2D eigenvalue weighted by Crippen LogP contribution is -2.12. The van der Waals surface area contributed by atoms with Gasteiger partial charge in [-0.15, -0.1) is 0 Å². The lowest BCUT2D eigenvalue weighted by atomic mass is 10.1. The zero-order chi connectivity index (χ0) is 13.0. The fraction of sp³-hybridized carbons (Fsp3) is 0.455. The van der Waals surface area contributed by atoms with Crippen LogP contribution < -0.4 is 0 Å². The predicted molar refractivity (Wildman–Crippen MR) is 59.3 cm³/mol. The van der Waals surface area contributed by atoms with Crippen LogP contribution in [0.4, 0.5) is 8.78 Å². The van der Waals surface area contributed by atoms with Crippen molar-refractivity contribution in [2.45, 2.75) is 26.7 Å². The summed E-state index contributed by atoms with van der Waals surface area (Å²) >= 11 is 5.68. The van der Waals surface area contributed by atoms with Crippen LogP contribution in [0, 0.1) is 6.92 Å². The fourth-order valence-corrected chi connectivity index (χ4v) is 1.75. The summed E-state index contributed by atoms with van der Waals surface area (Å²) in [5.74, 6) is -0.594. The van der Waals surface area contributed by atoms with E-state index in [-0.39, 0.29) is 29.4 Å². The minimum absolute atomic E-state index is 0.0246. The van der Waals surface area contributed by atoms with Gasteiger partial charge in [0.05, 0.1) is 18.7 Å². The Morgan fingerprint density at radius 2 is 2.24 bits per heavy atom. The maximum Gasteiger partial charge on any atom is 0.311 e. The standard InChI is InChI=1S/C11H12ClF2NO2/c1-3-17-9(16)5-7-10(11(13)14)6(2)4-8(12)15-7/h4,11H,3,5H2,1-2H3. The maximum atomic E-state index is 12.8. The molecule has 6 heteroatoms. The molecular formula is C11H12ClF2NO2. The number of pyridine rings is 1. The largest absolute Gasteiger partial charge is 0.466 e. The normalized spacial score (nSPS) is 10.7. The number of alkyl halides is 2. The van der Waals surface area contributed by atoms with Gasteiger partial charge in [-0.3, -0.25) is 4.79 Å². The van der Waals surface area contributed by atoms with Crippen LogP contribution in [0.15, 0.2) is 6.07 Å². The van der Waals surface area contributed by atoms with E-state index in [2.05, 4.69) is 4.98 Å². The van der Waals surface area contributed by atoms with Crippen molar-refractivity contribution in [2.75, 3.05) is 6.61 Å². The number of esters is 1. The third-order valence-corrected chi connectivity index (χ3v) is 2.34. The summed E-state index contributed by atoms with van der Waals surface area (Å²) in [6, 6.07) is 1.34. The molecule has 0 aliphatic carbocycles. The predicted octanol–water partition coefficient (Wildman–Crippen LogP) is 3.09. The molecule has 0 unspecified atom stereocenters. The Morgan fingerprint density at radius 3 is 2.76 bits per heavy atom. The summed E-state index contributed by atoms with van der Waals surface area (Å²) in [5, 5.41) is 0.0891. The van der Waals surface area contributed by atoms with Crippen LogP contribution in [-0.4, -0.2) is 17.6 Å². The summed E-state index contributed by atoms with van der Waals surface area (Å²) in [7, 11) is 0. The van der Waals surface area contributed by atoms with Crippen LogP contribution in [0.1, 0.15) is 30.2 Å². The second-order valence-electron chi connectivity index (χ2n) is 3.40. The molecule has 0 amide bonds. The molecule has 1 aromatic rings. The highest BCUT2D eigenvalue weighted by Gasteiger charge is 2.20. The van der Waals surface area contributed by atoms with Gasteiger partial charge in [-0.1, -0.05) is 11.6 Å². The van der Waals surface area contributed by atoms with Crippen molar-refractivity contribution in [2.24, 2.45) is 0 Å². The SMILES string of the molecule is CCOC(=O)Cc1nc(Cl)cc(C)c1C(F)F. The van der Waals surface area contributed by atoms with Gasteiger partial charge in [-0.05, 0) is 25.5 Å². The Labute approximate surface area is 103 Å². The molecular weight excluding hydrogens is 252 g/mol. The van der Waals surface area contributed by atoms with Gasteiger partial charge < -0.3 is 4.74 Å². The van der Waals surface area contributed by atoms with E-state index in [0.29, 0.717) is 5.56 Å². The Hall–Kier alpha value is -1.23. The van der Waals surface area contributed by atoms with Crippen LogP contribution in [-0.2, 0) is 16.0 Å². The van der Waals surface area contributed by atoms with Crippen LogP contribution in [0.5, 0.6) is 0 Å². The number of rotatable bonds is 4. The van der Waals surface area contributed by atoms with Gasteiger partial charge in [0.2, 0.25) is 0 Å². The first-order valence-electron chi connectivity index (χ1n) is 5.05. The van der Waals surface area contributed by atoms with Gasteiger partial charge in [-0.2, -0.15) is 0 Å². The molecule has 0 bridgehead atoms. The Morgan fingerprint density at radius 1 is 1.59 bits per heavy atom. The quantitative estimate of drug-likeness (QED) is 0.619. The van der Waals surface area contributed by atoms with Crippen LogP contribution in [0.25, 0.3) is 0 Å². The molecule has 17 heavy (non-hydrogen) atoms. The molecule has 1 aromatic heterocycles. The van der Waals surface area contributed by atoms with E-state index >= 15 is 0 Å². The van der Waals surface area contributed by atoms with Crippen molar-refractivity contribution < 1.29 is 18.3 Å². The summed E-state index contributed by atoms with van der Waals surface area (Å²) in [6.07, 6.45) is -2.99. The number of aryl methyl sites for hydroxylation is 1. The highest BCUT2D eigenvalue weighted by Crippen LogP contribution is 2.27. The molecule has 1 heterocycles. The van der Waals surface area contributed by atoms with E-state index < -0.39 is 12.4 Å². The van der Waals surface area contributed by atoms with Crippen molar-refractivity contribution in [3.8, 4) is 0 Å². The molecule has 0 saturated heterocycles. The first-order chi connectivity index (χ1) is 7.95. The van der Waals surface area contributed by atoms with Gasteiger partial charge in [0.25, 0.3) is 6.43 Å². The molecule has 94 valence electrons. The van der Waals surface area contributed by atoms with Gasteiger partial charge in [0, 0.05) is 5.56 Å². The first kappa shape index (κ1) is 13.8. The molecule has 1 rings (SSSR count). The molecule has 3 nitrogen and oxygen atoms in total. The van der Waals surface area contributed by atoms with Gasteiger partial charge in [-0.25, -0.2) is 13.8 Å². The van der Waals surface area contributed by atoms with E-state index in [4.69, 9.17) is 16.3 Å². The minimum atomic E-state index is -2.69. The van der Waals surface area contributed by atoms with E-state index in [0.717, 1.165) is 0 Å². The number of carbonyl (C=O) groups is 1. The Kier molecular flexibility index (Phi) is 4.81. The minimum Gasteiger partial charge on any atom is -0.466 e. The number of hydrogen-bond acceptors (Lipinski definition) is 3. The summed E-state index contributed by atoms with van der Waals surface area (Å²) in [5.41, 5.74) is 0.0465. The second-order valence-corrected chi connectivity index (χ2v) is 3.79. The van der Waals surface area contributed by atoms with Crippen molar-refractivity contribution in [3.05, 3.63) is 28.0 Å². The molecule has 0 aliphatic rings. The Balaban J connectivity index is 3.08. The lowest BCUT2D eigenvalue weighted by Gasteiger charge is -2.11. The summed E-state index contributed by atoms with van der Waals surface area (Å²) in [6.45, 7) is 3.34. The summed E-state index contributed by atoms with van der Waals surface area (Å²) < 4.78 is 30.3. The molecule has 0 spiro atoms. The van der Waals surface area contributed by atoms with Crippen LogP contribution >= 0.6 is 11.6 Å². The van der Waals surface area contributed by atoms with E-state index in [1.54, 1.807) is 6.92 Å². The maximum absolute atomic E-state index is 12.8. The van der Waals surface area contributed by atoms with Gasteiger partial charge in [0.1, 0.15) is 5.15 Å². The van der Waals surface area contributed by atoms with E-state index in [9.17, 15) is 13.6 Å². The van der Waals surface area contributed by atoms with Crippen LogP contribution in [0.2, 0.25) is 5.15 Å². The van der Waals surface area contributed by atoms with Crippen molar-refractivity contribution in [1.82, 2.24) is 4.98 Å². The number of carbonyl (C=O) groups excluding carboxylic acids is 1. The zero-order valence-electron chi connectivity index (χ0n) is 9.47. The topological polar surface area (TPSA) is 39.2 Å². The van der Waals surface area contributed by atoms with E-state index in [1.165, 1.54) is 13.0 Å². The molecule has 0 saturated carbocycles. The molecule has 0 aromatic carbocycles. The third-order valence-electron chi connectivity index (χ3n) is 2.15. The van der Waals surface area contributed by atoms with Gasteiger partial charge >= 0.3 is 5.97 Å². The van der Waals surface area contributed by atoms with Crippen LogP contribution in [0.3, 0.4) is 0 Å². The molecule has 0 radical (unpaired) electrons. The van der Waals surface area contributed by atoms with Crippen molar-refractivity contribution >= 4 is 17.6 Å². The van der Waals surface area contributed by atoms with Crippen molar-refractivity contribution in [3.63, 3.8) is 0 Å². The second kappa shape index (κ2) is 5.91. The molecule has 0 atom stereocenters. The lowest BCUT2D eigenvalue weighted by molar-refractivity contribution is -0.142.